The van der Waals surface area contributed by atoms with Crippen molar-refractivity contribution in [2.75, 3.05) is 0 Å². The van der Waals surface area contributed by atoms with Gasteiger partial charge in [-0.05, 0) is 74.1 Å². The zero-order valence-corrected chi connectivity index (χ0v) is 28.4. The predicted octanol–water partition coefficient (Wildman–Crippen LogP) is 12.3. The minimum absolute atomic E-state index is 0.548. The summed E-state index contributed by atoms with van der Waals surface area (Å²) in [5.41, 5.74) is 8.93. The van der Waals surface area contributed by atoms with E-state index in [4.69, 9.17) is 19.4 Å². The molecule has 246 valence electrons. The molecule has 0 radical (unpaired) electrons. The highest BCUT2D eigenvalue weighted by Crippen LogP contribution is 2.39. The average molecular weight is 677 g/mol. The third kappa shape index (κ3) is 5.21. The van der Waals surface area contributed by atoms with Crippen LogP contribution in [0.5, 0.6) is 0 Å². The Morgan fingerprint density at radius 1 is 0.396 bits per heavy atom. The molecule has 53 heavy (non-hydrogen) atoms. The molecule has 5 heteroatoms. The van der Waals surface area contributed by atoms with Crippen LogP contribution in [0.3, 0.4) is 0 Å². The van der Waals surface area contributed by atoms with Gasteiger partial charge in [0.2, 0.25) is 0 Å². The lowest BCUT2D eigenvalue weighted by Gasteiger charge is -2.13. The molecule has 2 aromatic heterocycles. The first kappa shape index (κ1) is 30.4. The van der Waals surface area contributed by atoms with Gasteiger partial charge in [-0.3, -0.25) is 0 Å². The van der Waals surface area contributed by atoms with Gasteiger partial charge in [0.05, 0.1) is 11.6 Å². The van der Waals surface area contributed by atoms with Crippen molar-refractivity contribution in [1.82, 2.24) is 15.0 Å². The van der Waals surface area contributed by atoms with E-state index in [2.05, 4.69) is 103 Å². The minimum Gasteiger partial charge on any atom is -0.456 e. The Balaban J connectivity index is 1.17. The van der Waals surface area contributed by atoms with E-state index in [0.717, 1.165) is 77.0 Å². The third-order valence-corrected chi connectivity index (χ3v) is 9.99. The summed E-state index contributed by atoms with van der Waals surface area (Å²) in [5, 5.41) is 16.3. The van der Waals surface area contributed by atoms with Crippen LogP contribution in [0.2, 0.25) is 0 Å². The van der Waals surface area contributed by atoms with Crippen LogP contribution < -0.4 is 0 Å². The fourth-order valence-corrected chi connectivity index (χ4v) is 7.45. The minimum atomic E-state index is 0.548. The molecule has 2 heterocycles. The number of nitrogens with zero attached hydrogens (tertiary/aromatic N) is 4. The van der Waals surface area contributed by atoms with Crippen LogP contribution in [-0.2, 0) is 0 Å². The van der Waals surface area contributed by atoms with Crippen LogP contribution in [0.4, 0.5) is 0 Å². The molecule has 0 aliphatic heterocycles. The van der Waals surface area contributed by atoms with Gasteiger partial charge < -0.3 is 4.42 Å². The molecule has 0 bridgehead atoms. The summed E-state index contributed by atoms with van der Waals surface area (Å²) in [5.74, 6) is 1.69. The van der Waals surface area contributed by atoms with Crippen LogP contribution in [-0.4, -0.2) is 15.0 Å². The zero-order chi connectivity index (χ0) is 35.3. The van der Waals surface area contributed by atoms with Gasteiger partial charge in [0, 0.05) is 27.5 Å². The van der Waals surface area contributed by atoms with Gasteiger partial charge in [0.15, 0.2) is 17.5 Å². The molecule has 0 unspecified atom stereocenters. The average Bonchev–Trinajstić information content (AvgIpc) is 3.62. The Kier molecular flexibility index (Phi) is 7.12. The predicted molar refractivity (Wildman–Crippen MR) is 214 cm³/mol. The van der Waals surface area contributed by atoms with Crippen LogP contribution in [0, 0.1) is 11.3 Å². The van der Waals surface area contributed by atoms with Gasteiger partial charge in [-0.2, -0.15) is 5.26 Å². The van der Waals surface area contributed by atoms with Gasteiger partial charge in [0.1, 0.15) is 11.2 Å². The molecule has 0 saturated carbocycles. The first-order valence-electron chi connectivity index (χ1n) is 17.5. The lowest BCUT2D eigenvalue weighted by molar-refractivity contribution is 0.669. The van der Waals surface area contributed by atoms with E-state index in [1.54, 1.807) is 0 Å². The maximum Gasteiger partial charge on any atom is 0.164 e. The second-order valence-corrected chi connectivity index (χ2v) is 13.1. The topological polar surface area (TPSA) is 75.6 Å². The quantitative estimate of drug-likeness (QED) is 0.170. The lowest BCUT2D eigenvalue weighted by Crippen LogP contribution is -2.01. The van der Waals surface area contributed by atoms with Crippen LogP contribution in [0.15, 0.2) is 174 Å². The monoisotopic (exact) mass is 676 g/mol. The molecule has 10 aromatic rings. The van der Waals surface area contributed by atoms with E-state index in [1.165, 1.54) is 5.39 Å². The summed E-state index contributed by atoms with van der Waals surface area (Å²) >= 11 is 0. The number of aromatic nitrogens is 3. The van der Waals surface area contributed by atoms with Gasteiger partial charge in [-0.25, -0.2) is 15.0 Å². The molecule has 10 rings (SSSR count). The molecule has 0 aliphatic carbocycles. The molecule has 0 N–H and O–H groups in total. The van der Waals surface area contributed by atoms with Crippen LogP contribution >= 0.6 is 0 Å². The van der Waals surface area contributed by atoms with Crippen molar-refractivity contribution in [2.45, 2.75) is 0 Å². The third-order valence-electron chi connectivity index (χ3n) is 9.99. The van der Waals surface area contributed by atoms with Gasteiger partial charge in [-0.15, -0.1) is 0 Å². The van der Waals surface area contributed by atoms with Crippen molar-refractivity contribution in [3.05, 3.63) is 175 Å². The maximum atomic E-state index is 9.72. The molecule has 5 nitrogen and oxygen atoms in total. The molecule has 0 saturated heterocycles. The molecule has 8 aromatic carbocycles. The largest absolute Gasteiger partial charge is 0.456 e. The highest BCUT2D eigenvalue weighted by molar-refractivity contribution is 6.14. The molecule has 0 aliphatic rings. The number of nitriles is 1. The second-order valence-electron chi connectivity index (χ2n) is 13.1. The fraction of sp³-hybridized carbons (Fsp3) is 0. The second kappa shape index (κ2) is 12.4. The molecule has 0 atom stereocenters. The van der Waals surface area contributed by atoms with Crippen molar-refractivity contribution in [2.24, 2.45) is 0 Å². The normalized spacial score (nSPS) is 11.4. The molecule has 0 spiro atoms. The summed E-state index contributed by atoms with van der Waals surface area (Å²) in [6.45, 7) is 0. The Labute approximate surface area is 305 Å². The molecular weight excluding hydrogens is 649 g/mol. The molecule has 0 amide bonds. The molecular formula is C48H28N4O. The van der Waals surface area contributed by atoms with E-state index in [-0.39, 0.29) is 0 Å². The van der Waals surface area contributed by atoms with E-state index < -0.39 is 0 Å². The number of rotatable bonds is 5. The summed E-state index contributed by atoms with van der Waals surface area (Å²) < 4.78 is 6.49. The standard InChI is InChI=1S/C48H28N4O/c49-29-35-14-5-6-15-36(35)31-21-23-32(24-22-31)46-50-47(52-48(51-46)42-27-33-13-4-7-16-37(33)39-17-8-9-18-40(39)42)34-25-26-41-44(28-34)53-43-20-10-19-38(45(41)43)30-11-2-1-3-12-30/h1-28H. The lowest BCUT2D eigenvalue weighted by atomic mass is 9.96. The smallest absolute Gasteiger partial charge is 0.164 e. The van der Waals surface area contributed by atoms with Crippen LogP contribution in [0.25, 0.3) is 99.9 Å². The van der Waals surface area contributed by atoms with E-state index >= 15 is 0 Å². The Hall–Kier alpha value is -7.42. The first-order valence-corrected chi connectivity index (χ1v) is 17.5. The number of hydrogen-bond acceptors (Lipinski definition) is 5. The Morgan fingerprint density at radius 2 is 1.02 bits per heavy atom. The number of furan rings is 1. The van der Waals surface area contributed by atoms with Crippen molar-refractivity contribution >= 4 is 43.5 Å². The van der Waals surface area contributed by atoms with E-state index in [9.17, 15) is 5.26 Å². The highest BCUT2D eigenvalue weighted by atomic mass is 16.3. The zero-order valence-electron chi connectivity index (χ0n) is 28.4. The van der Waals surface area contributed by atoms with Crippen molar-refractivity contribution in [1.29, 1.82) is 5.26 Å². The van der Waals surface area contributed by atoms with Gasteiger partial charge >= 0.3 is 0 Å². The SMILES string of the molecule is N#Cc1ccccc1-c1ccc(-c2nc(-c3ccc4c(c3)oc3cccc(-c5ccccc5)c34)nc(-c3cc4ccccc4c4ccccc34)n2)cc1. The Morgan fingerprint density at radius 3 is 1.85 bits per heavy atom. The van der Waals surface area contributed by atoms with E-state index in [0.29, 0.717) is 23.0 Å². The summed E-state index contributed by atoms with van der Waals surface area (Å²) in [4.78, 5) is 15.4. The Bertz CT molecular complexity index is 3070. The summed E-state index contributed by atoms with van der Waals surface area (Å²) in [7, 11) is 0. The summed E-state index contributed by atoms with van der Waals surface area (Å²) in [6.07, 6.45) is 0. The highest BCUT2D eigenvalue weighted by Gasteiger charge is 2.18. The number of fused-ring (bicyclic) bond motifs is 6. The maximum absolute atomic E-state index is 9.72. The van der Waals surface area contributed by atoms with E-state index in [1.807, 2.05) is 72.8 Å². The van der Waals surface area contributed by atoms with Gasteiger partial charge in [0.25, 0.3) is 0 Å². The summed E-state index contributed by atoms with van der Waals surface area (Å²) in [6, 6.07) is 59.8. The molecule has 0 fully saturated rings. The van der Waals surface area contributed by atoms with Crippen molar-refractivity contribution < 1.29 is 4.42 Å². The van der Waals surface area contributed by atoms with Crippen molar-refractivity contribution in [3.63, 3.8) is 0 Å². The number of benzene rings is 8. The van der Waals surface area contributed by atoms with Gasteiger partial charge in [-0.1, -0.05) is 140 Å². The first-order chi connectivity index (χ1) is 26.2. The fourth-order valence-electron chi connectivity index (χ4n) is 7.45. The van der Waals surface area contributed by atoms with Crippen LogP contribution in [0.1, 0.15) is 5.56 Å². The number of hydrogen-bond donors (Lipinski definition) is 0. The van der Waals surface area contributed by atoms with Crippen molar-refractivity contribution in [3.8, 4) is 62.5 Å².